The molecular formula is C7H11I. The number of halogens is 1. The highest BCUT2D eigenvalue weighted by molar-refractivity contribution is 14.1. The maximum atomic E-state index is 2.65. The van der Waals surface area contributed by atoms with Gasteiger partial charge < -0.3 is 0 Å². The van der Waals surface area contributed by atoms with Crippen LogP contribution in [0.4, 0.5) is 0 Å². The molecule has 8 heavy (non-hydrogen) atoms. The smallest absolute Gasteiger partial charge is 0.0166 e. The molecule has 0 heterocycles. The van der Waals surface area contributed by atoms with Crippen LogP contribution in [0.3, 0.4) is 0 Å². The van der Waals surface area contributed by atoms with Gasteiger partial charge in [0.25, 0.3) is 0 Å². The molecule has 0 nitrogen and oxygen atoms in total. The van der Waals surface area contributed by atoms with Gasteiger partial charge in [-0.3, -0.25) is 0 Å². The van der Waals surface area contributed by atoms with Gasteiger partial charge in [0.15, 0.2) is 0 Å². The zero-order chi connectivity index (χ0) is 5.56. The Morgan fingerprint density at radius 1 is 0.875 bits per heavy atom. The lowest BCUT2D eigenvalue weighted by molar-refractivity contribution is 0.480. The zero-order valence-electron chi connectivity index (χ0n) is 4.94. The third-order valence-electron chi connectivity index (χ3n) is 2.72. The Kier molecular flexibility index (Phi) is 1.28. The maximum absolute atomic E-state index is 2.65. The molecule has 0 saturated heterocycles. The molecule has 0 unspecified atom stereocenters. The molecule has 2 aliphatic rings. The van der Waals surface area contributed by atoms with E-state index in [1.165, 1.54) is 25.7 Å². The van der Waals surface area contributed by atoms with Crippen molar-refractivity contribution in [3.05, 3.63) is 0 Å². The molecule has 2 bridgehead atoms. The summed E-state index contributed by atoms with van der Waals surface area (Å²) in [5.74, 6) is 2.25. The molecule has 1 heteroatoms. The molecule has 2 fully saturated rings. The monoisotopic (exact) mass is 222 g/mol. The van der Waals surface area contributed by atoms with Crippen molar-refractivity contribution in [2.24, 2.45) is 11.8 Å². The van der Waals surface area contributed by atoms with Crippen LogP contribution in [0.2, 0.25) is 0 Å². The van der Waals surface area contributed by atoms with Gasteiger partial charge in [0, 0.05) is 3.92 Å². The van der Waals surface area contributed by atoms with Gasteiger partial charge in [-0.15, -0.1) is 0 Å². The van der Waals surface area contributed by atoms with Crippen LogP contribution in [0, 0.1) is 11.8 Å². The van der Waals surface area contributed by atoms with E-state index in [1.54, 1.807) is 0 Å². The number of alkyl halides is 1. The second-order valence-corrected chi connectivity index (χ2v) is 4.56. The first kappa shape index (κ1) is 5.51. The number of rotatable bonds is 0. The molecule has 0 radical (unpaired) electrons. The molecule has 0 N–H and O–H groups in total. The molecule has 0 spiro atoms. The van der Waals surface area contributed by atoms with Gasteiger partial charge in [-0.2, -0.15) is 0 Å². The van der Waals surface area contributed by atoms with Crippen LogP contribution in [-0.2, 0) is 0 Å². The molecule has 0 aliphatic heterocycles. The van der Waals surface area contributed by atoms with Crippen LogP contribution in [0.1, 0.15) is 25.7 Å². The Morgan fingerprint density at radius 3 is 1.38 bits per heavy atom. The van der Waals surface area contributed by atoms with Crippen molar-refractivity contribution in [3.63, 3.8) is 0 Å². The fraction of sp³-hybridized carbons (Fsp3) is 1.00. The summed E-state index contributed by atoms with van der Waals surface area (Å²) in [4.78, 5) is 0. The van der Waals surface area contributed by atoms with Crippen molar-refractivity contribution < 1.29 is 0 Å². The average Bonchev–Trinajstić information content (AvgIpc) is 2.29. The molecule has 2 rings (SSSR count). The predicted octanol–water partition coefficient (Wildman–Crippen LogP) is 2.61. The minimum atomic E-state index is 1.06. The summed E-state index contributed by atoms with van der Waals surface area (Å²) in [5.41, 5.74) is 0. The molecule has 2 aliphatic carbocycles. The fourth-order valence-electron chi connectivity index (χ4n) is 2.17. The van der Waals surface area contributed by atoms with Crippen LogP contribution < -0.4 is 0 Å². The largest absolute Gasteiger partial charge is 0.0820 e. The maximum Gasteiger partial charge on any atom is 0.0166 e. The van der Waals surface area contributed by atoms with E-state index < -0.39 is 0 Å². The zero-order valence-corrected chi connectivity index (χ0v) is 7.10. The second-order valence-electron chi connectivity index (χ2n) is 3.12. The summed E-state index contributed by atoms with van der Waals surface area (Å²) in [6, 6.07) is 0. The van der Waals surface area contributed by atoms with Gasteiger partial charge in [0.2, 0.25) is 0 Å². The molecule has 0 amide bonds. The fourth-order valence-corrected chi connectivity index (χ4v) is 3.61. The summed E-state index contributed by atoms with van der Waals surface area (Å²) in [5, 5.41) is 0. The summed E-state index contributed by atoms with van der Waals surface area (Å²) in [7, 11) is 0. The molecule has 0 atom stereocenters. The third-order valence-corrected chi connectivity index (χ3v) is 4.75. The Bertz CT molecular complexity index is 80.6. The average molecular weight is 222 g/mol. The van der Waals surface area contributed by atoms with Crippen LogP contribution in [-0.4, -0.2) is 3.92 Å². The van der Waals surface area contributed by atoms with Crippen LogP contribution in [0.5, 0.6) is 0 Å². The Hall–Kier alpha value is 0.730. The Labute approximate surface area is 64.2 Å². The lowest BCUT2D eigenvalue weighted by Crippen LogP contribution is -2.01. The lowest BCUT2D eigenvalue weighted by atomic mass is 10.0. The minimum absolute atomic E-state index is 1.06. The topological polar surface area (TPSA) is 0 Å². The van der Waals surface area contributed by atoms with E-state index in [0.29, 0.717) is 0 Å². The lowest BCUT2D eigenvalue weighted by Gasteiger charge is -2.04. The first-order valence-corrected chi connectivity index (χ1v) is 4.76. The van der Waals surface area contributed by atoms with Crippen molar-refractivity contribution in [1.82, 2.24) is 0 Å². The summed E-state index contributed by atoms with van der Waals surface area (Å²) >= 11 is 2.65. The van der Waals surface area contributed by atoms with Crippen molar-refractivity contribution in [2.75, 3.05) is 0 Å². The molecule has 2 saturated carbocycles. The van der Waals surface area contributed by atoms with E-state index >= 15 is 0 Å². The number of hydrogen-bond donors (Lipinski definition) is 0. The first-order valence-electron chi connectivity index (χ1n) is 3.52. The highest BCUT2D eigenvalue weighted by Crippen LogP contribution is 2.48. The normalized spacial score (nSPS) is 52.9. The van der Waals surface area contributed by atoms with Crippen molar-refractivity contribution in [3.8, 4) is 0 Å². The van der Waals surface area contributed by atoms with Gasteiger partial charge >= 0.3 is 0 Å². The van der Waals surface area contributed by atoms with E-state index in [0.717, 1.165) is 15.8 Å². The predicted molar refractivity (Wildman–Crippen MR) is 43.3 cm³/mol. The van der Waals surface area contributed by atoms with Gasteiger partial charge in [-0.25, -0.2) is 0 Å². The third kappa shape index (κ3) is 0.630. The van der Waals surface area contributed by atoms with Crippen LogP contribution >= 0.6 is 22.6 Å². The van der Waals surface area contributed by atoms with E-state index in [2.05, 4.69) is 22.6 Å². The van der Waals surface area contributed by atoms with E-state index in [-0.39, 0.29) is 0 Å². The van der Waals surface area contributed by atoms with E-state index in [4.69, 9.17) is 0 Å². The minimum Gasteiger partial charge on any atom is -0.0820 e. The summed E-state index contributed by atoms with van der Waals surface area (Å²) in [6.07, 6.45) is 6.16. The van der Waals surface area contributed by atoms with Gasteiger partial charge in [-0.1, -0.05) is 22.6 Å². The van der Waals surface area contributed by atoms with Crippen molar-refractivity contribution in [1.29, 1.82) is 0 Å². The SMILES string of the molecule is IC1C2CCC1CC2. The molecule has 0 aromatic carbocycles. The molecule has 0 aromatic rings. The first-order chi connectivity index (χ1) is 3.88. The van der Waals surface area contributed by atoms with Crippen molar-refractivity contribution in [2.45, 2.75) is 29.6 Å². The van der Waals surface area contributed by atoms with Crippen LogP contribution in [0.25, 0.3) is 0 Å². The summed E-state index contributed by atoms with van der Waals surface area (Å²) < 4.78 is 1.06. The Morgan fingerprint density at radius 2 is 1.25 bits per heavy atom. The highest BCUT2D eigenvalue weighted by Gasteiger charge is 2.39. The van der Waals surface area contributed by atoms with E-state index in [1.807, 2.05) is 0 Å². The standard InChI is InChI=1S/C7H11I/c8-7-5-1-2-6(7)4-3-5/h5-7H,1-4H2. The van der Waals surface area contributed by atoms with E-state index in [9.17, 15) is 0 Å². The molecule has 0 aromatic heterocycles. The van der Waals surface area contributed by atoms with Gasteiger partial charge in [0.05, 0.1) is 0 Å². The highest BCUT2D eigenvalue weighted by atomic mass is 127. The number of fused-ring (bicyclic) bond motifs is 2. The molecular weight excluding hydrogens is 211 g/mol. The Balaban J connectivity index is 2.16. The second kappa shape index (κ2) is 1.86. The molecule has 46 valence electrons. The van der Waals surface area contributed by atoms with Gasteiger partial charge in [0.1, 0.15) is 0 Å². The number of hydrogen-bond acceptors (Lipinski definition) is 0. The van der Waals surface area contributed by atoms with Crippen molar-refractivity contribution >= 4 is 22.6 Å². The summed E-state index contributed by atoms with van der Waals surface area (Å²) in [6.45, 7) is 0. The quantitative estimate of drug-likeness (QED) is 0.436. The van der Waals surface area contributed by atoms with Crippen LogP contribution in [0.15, 0.2) is 0 Å². The van der Waals surface area contributed by atoms with Gasteiger partial charge in [-0.05, 0) is 37.5 Å².